The molecule has 0 amide bonds. The van der Waals surface area contributed by atoms with Crippen molar-refractivity contribution >= 4 is 17.9 Å². The molecule has 0 radical (unpaired) electrons. The van der Waals surface area contributed by atoms with E-state index in [0.29, 0.717) is 19.3 Å². The summed E-state index contributed by atoms with van der Waals surface area (Å²) in [7, 11) is 0. The molecule has 0 N–H and O–H groups in total. The fourth-order valence-corrected chi connectivity index (χ4v) is 8.09. The highest BCUT2D eigenvalue weighted by atomic mass is 16.6. The molecular formula is C53H102O6. The molecule has 350 valence electrons. The first-order chi connectivity index (χ1) is 29.0. The summed E-state index contributed by atoms with van der Waals surface area (Å²) in [4.78, 5) is 37.9. The predicted octanol–water partition coefficient (Wildman–Crippen LogP) is 17.2. The smallest absolute Gasteiger partial charge is 0.306 e. The first-order valence-corrected chi connectivity index (χ1v) is 26.5. The van der Waals surface area contributed by atoms with Gasteiger partial charge in [-0.1, -0.05) is 265 Å². The molecule has 0 heterocycles. The van der Waals surface area contributed by atoms with Gasteiger partial charge in [0.05, 0.1) is 0 Å². The van der Waals surface area contributed by atoms with Gasteiger partial charge in [-0.15, -0.1) is 0 Å². The predicted molar refractivity (Wildman–Crippen MR) is 252 cm³/mol. The molecule has 6 heteroatoms. The molecule has 1 atom stereocenters. The minimum absolute atomic E-state index is 0.0616. The van der Waals surface area contributed by atoms with Crippen molar-refractivity contribution in [1.29, 1.82) is 0 Å². The summed E-state index contributed by atoms with van der Waals surface area (Å²) in [5.74, 6) is -0.840. The van der Waals surface area contributed by atoms with Crippen LogP contribution >= 0.6 is 0 Å². The molecule has 0 aromatic rings. The van der Waals surface area contributed by atoms with Crippen LogP contribution < -0.4 is 0 Å². The van der Waals surface area contributed by atoms with Crippen LogP contribution in [-0.4, -0.2) is 37.2 Å². The molecule has 0 aliphatic carbocycles. The Balaban J connectivity index is 4.28. The highest BCUT2D eigenvalue weighted by Crippen LogP contribution is 2.17. The molecule has 0 saturated carbocycles. The third kappa shape index (κ3) is 47.3. The molecule has 0 bridgehead atoms. The number of unbranched alkanes of at least 4 members (excludes halogenated alkanes) is 38. The van der Waals surface area contributed by atoms with Crippen LogP contribution in [0.15, 0.2) is 0 Å². The molecule has 0 unspecified atom stereocenters. The molecular weight excluding hydrogens is 733 g/mol. The quantitative estimate of drug-likeness (QED) is 0.0345. The minimum atomic E-state index is -0.759. The maximum Gasteiger partial charge on any atom is 0.306 e. The van der Waals surface area contributed by atoms with E-state index in [1.54, 1.807) is 0 Å². The number of carbonyl (C=O) groups is 3. The van der Waals surface area contributed by atoms with Gasteiger partial charge in [0.1, 0.15) is 13.2 Å². The number of hydrogen-bond donors (Lipinski definition) is 0. The molecule has 6 nitrogen and oxygen atoms in total. The topological polar surface area (TPSA) is 78.9 Å². The Bertz CT molecular complexity index is 874. The van der Waals surface area contributed by atoms with E-state index in [1.807, 2.05) is 0 Å². The summed E-state index contributed by atoms with van der Waals surface area (Å²) >= 11 is 0. The molecule has 0 aromatic carbocycles. The van der Waals surface area contributed by atoms with Crippen molar-refractivity contribution < 1.29 is 28.6 Å². The van der Waals surface area contributed by atoms with E-state index in [0.717, 1.165) is 57.8 Å². The van der Waals surface area contributed by atoms with Gasteiger partial charge in [0.2, 0.25) is 0 Å². The van der Waals surface area contributed by atoms with Crippen molar-refractivity contribution in [2.75, 3.05) is 13.2 Å². The summed E-state index contributed by atoms with van der Waals surface area (Å²) in [6, 6.07) is 0. The Morgan fingerprint density at radius 3 is 0.678 bits per heavy atom. The fraction of sp³-hybridized carbons (Fsp3) is 0.943. The van der Waals surface area contributed by atoms with Crippen LogP contribution in [-0.2, 0) is 28.6 Å². The lowest BCUT2D eigenvalue weighted by Gasteiger charge is -2.18. The number of carbonyl (C=O) groups excluding carboxylic acids is 3. The highest BCUT2D eigenvalue weighted by molar-refractivity contribution is 5.71. The van der Waals surface area contributed by atoms with Crippen molar-refractivity contribution in [3.63, 3.8) is 0 Å². The van der Waals surface area contributed by atoms with E-state index >= 15 is 0 Å². The van der Waals surface area contributed by atoms with Crippen LogP contribution in [0.2, 0.25) is 0 Å². The Kier molecular flexibility index (Phi) is 47.7. The van der Waals surface area contributed by atoms with E-state index in [2.05, 4.69) is 20.8 Å². The monoisotopic (exact) mass is 835 g/mol. The van der Waals surface area contributed by atoms with Gasteiger partial charge in [-0.3, -0.25) is 14.4 Å². The summed E-state index contributed by atoms with van der Waals surface area (Å²) in [6.07, 6.45) is 52.2. The number of ether oxygens (including phenoxy) is 3. The third-order valence-electron chi connectivity index (χ3n) is 12.1. The lowest BCUT2D eigenvalue weighted by Crippen LogP contribution is -2.30. The van der Waals surface area contributed by atoms with Crippen LogP contribution in [0.4, 0.5) is 0 Å². The van der Waals surface area contributed by atoms with Crippen LogP contribution in [0.1, 0.15) is 303 Å². The van der Waals surface area contributed by atoms with Gasteiger partial charge >= 0.3 is 17.9 Å². The van der Waals surface area contributed by atoms with E-state index in [9.17, 15) is 14.4 Å². The van der Waals surface area contributed by atoms with Gasteiger partial charge in [0.25, 0.3) is 0 Å². The second kappa shape index (κ2) is 49.1. The normalized spacial score (nSPS) is 11.8. The highest BCUT2D eigenvalue weighted by Gasteiger charge is 2.19. The standard InChI is InChI=1S/C53H102O6/c1-4-7-10-13-16-19-22-24-26-27-29-31-34-37-40-43-46-52(55)58-49-50(48-57-51(54)45-42-39-36-33-30-21-18-15-12-9-6-3)59-53(56)47-44-41-38-35-32-28-25-23-20-17-14-11-8-5-2/h50H,4-49H2,1-3H3/t50-/m1/s1. The van der Waals surface area contributed by atoms with Crippen LogP contribution in [0, 0.1) is 0 Å². The first kappa shape index (κ1) is 57.4. The fourth-order valence-electron chi connectivity index (χ4n) is 8.09. The summed E-state index contributed by atoms with van der Waals surface area (Å²) in [5.41, 5.74) is 0. The van der Waals surface area contributed by atoms with Crippen LogP contribution in [0.5, 0.6) is 0 Å². The van der Waals surface area contributed by atoms with E-state index < -0.39 is 6.10 Å². The van der Waals surface area contributed by atoms with Crippen LogP contribution in [0.25, 0.3) is 0 Å². The van der Waals surface area contributed by atoms with Gasteiger partial charge in [0, 0.05) is 19.3 Å². The van der Waals surface area contributed by atoms with Gasteiger partial charge in [-0.05, 0) is 19.3 Å². The largest absolute Gasteiger partial charge is 0.462 e. The van der Waals surface area contributed by atoms with E-state index in [-0.39, 0.29) is 31.1 Å². The summed E-state index contributed by atoms with van der Waals surface area (Å²) < 4.78 is 16.8. The van der Waals surface area contributed by atoms with E-state index in [1.165, 1.54) is 205 Å². The Morgan fingerprint density at radius 1 is 0.271 bits per heavy atom. The van der Waals surface area contributed by atoms with Gasteiger partial charge < -0.3 is 14.2 Å². The van der Waals surface area contributed by atoms with Gasteiger partial charge in [-0.25, -0.2) is 0 Å². The second-order valence-electron chi connectivity index (χ2n) is 18.2. The average molecular weight is 835 g/mol. The SMILES string of the molecule is CCCCCCCCCCCCCCCCCCC(=O)OC[C@@H](COC(=O)CCCCCCCCCCCCC)OC(=O)CCCCCCCCCCCCCCCC. The van der Waals surface area contributed by atoms with Crippen molar-refractivity contribution in [1.82, 2.24) is 0 Å². The van der Waals surface area contributed by atoms with Crippen molar-refractivity contribution in [2.24, 2.45) is 0 Å². The number of esters is 3. The molecule has 59 heavy (non-hydrogen) atoms. The zero-order valence-electron chi connectivity index (χ0n) is 40.1. The Hall–Kier alpha value is -1.59. The second-order valence-corrected chi connectivity index (χ2v) is 18.2. The molecule has 0 rings (SSSR count). The molecule has 0 aliphatic rings. The average Bonchev–Trinajstić information content (AvgIpc) is 3.23. The first-order valence-electron chi connectivity index (χ1n) is 26.5. The summed E-state index contributed by atoms with van der Waals surface area (Å²) in [6.45, 7) is 6.68. The Labute approximate surface area is 368 Å². The zero-order valence-corrected chi connectivity index (χ0v) is 40.1. The maximum absolute atomic E-state index is 12.8. The zero-order chi connectivity index (χ0) is 43.0. The number of hydrogen-bond acceptors (Lipinski definition) is 6. The maximum atomic E-state index is 12.8. The van der Waals surface area contributed by atoms with Gasteiger partial charge in [0.15, 0.2) is 6.10 Å². The molecule has 0 fully saturated rings. The lowest BCUT2D eigenvalue weighted by molar-refractivity contribution is -0.167. The lowest BCUT2D eigenvalue weighted by atomic mass is 10.0. The minimum Gasteiger partial charge on any atom is -0.462 e. The van der Waals surface area contributed by atoms with Crippen molar-refractivity contribution in [3.8, 4) is 0 Å². The van der Waals surface area contributed by atoms with Crippen molar-refractivity contribution in [2.45, 2.75) is 309 Å². The van der Waals surface area contributed by atoms with Crippen molar-refractivity contribution in [3.05, 3.63) is 0 Å². The number of rotatable bonds is 49. The Morgan fingerprint density at radius 2 is 0.458 bits per heavy atom. The van der Waals surface area contributed by atoms with E-state index in [4.69, 9.17) is 14.2 Å². The molecule has 0 saturated heterocycles. The van der Waals surface area contributed by atoms with Gasteiger partial charge in [-0.2, -0.15) is 0 Å². The molecule has 0 aliphatic heterocycles. The summed E-state index contributed by atoms with van der Waals surface area (Å²) in [5, 5.41) is 0. The molecule has 0 spiro atoms. The molecule has 0 aromatic heterocycles. The third-order valence-corrected chi connectivity index (χ3v) is 12.1. The van der Waals surface area contributed by atoms with Crippen LogP contribution in [0.3, 0.4) is 0 Å².